The SMILES string of the molecule is CCCCCCCCCCCCCCCCOc1ccc(S(=O)(=O)F)cc1C(=O)Cl. The lowest BCUT2D eigenvalue weighted by atomic mass is 10.0. The summed E-state index contributed by atoms with van der Waals surface area (Å²) in [6.45, 7) is 2.65. The van der Waals surface area contributed by atoms with Gasteiger partial charge in [-0.1, -0.05) is 90.4 Å². The van der Waals surface area contributed by atoms with Crippen LogP contribution in [-0.4, -0.2) is 20.3 Å². The van der Waals surface area contributed by atoms with Crippen LogP contribution in [0.2, 0.25) is 0 Å². The number of rotatable bonds is 18. The molecule has 0 unspecified atom stereocenters. The van der Waals surface area contributed by atoms with Crippen LogP contribution in [-0.2, 0) is 10.2 Å². The molecule has 0 heterocycles. The van der Waals surface area contributed by atoms with Crippen LogP contribution in [0.1, 0.15) is 107 Å². The van der Waals surface area contributed by atoms with Crippen LogP contribution in [0, 0.1) is 0 Å². The second kappa shape index (κ2) is 15.6. The second-order valence-corrected chi connectivity index (χ2v) is 9.50. The van der Waals surface area contributed by atoms with Crippen LogP contribution in [0.4, 0.5) is 3.89 Å². The molecule has 0 saturated carbocycles. The molecule has 4 nitrogen and oxygen atoms in total. The summed E-state index contributed by atoms with van der Waals surface area (Å²) in [5, 5.41) is -0.878. The molecule has 0 N–H and O–H groups in total. The highest BCUT2D eigenvalue weighted by Crippen LogP contribution is 2.25. The first-order valence-corrected chi connectivity index (χ1v) is 13.0. The number of ether oxygens (including phenoxy) is 1. The third-order valence-electron chi connectivity index (χ3n) is 5.20. The van der Waals surface area contributed by atoms with Crippen molar-refractivity contribution in [1.82, 2.24) is 0 Å². The van der Waals surface area contributed by atoms with Crippen LogP contribution in [0.25, 0.3) is 0 Å². The van der Waals surface area contributed by atoms with E-state index in [1.165, 1.54) is 76.7 Å². The number of carbonyl (C=O) groups excluding carboxylic acids is 1. The van der Waals surface area contributed by atoms with Crippen molar-refractivity contribution in [2.75, 3.05) is 6.61 Å². The number of hydrogen-bond donors (Lipinski definition) is 0. The van der Waals surface area contributed by atoms with Gasteiger partial charge in [-0.2, -0.15) is 8.42 Å². The number of carbonyl (C=O) groups is 1. The lowest BCUT2D eigenvalue weighted by Crippen LogP contribution is -2.04. The van der Waals surface area contributed by atoms with E-state index in [9.17, 15) is 17.1 Å². The Kier molecular flexibility index (Phi) is 14.0. The standard InChI is InChI=1S/C23H36ClFO4S/c1-2-3-4-5-6-7-8-9-10-11-12-13-14-15-18-29-22-17-16-20(30(25,27)28)19-21(22)23(24)26/h16-17,19H,2-15,18H2,1H3. The van der Waals surface area contributed by atoms with Gasteiger partial charge >= 0.3 is 10.2 Å². The fourth-order valence-electron chi connectivity index (χ4n) is 3.42. The summed E-state index contributed by atoms with van der Waals surface area (Å²) in [4.78, 5) is 10.9. The fraction of sp³-hybridized carbons (Fsp3) is 0.696. The maximum absolute atomic E-state index is 13.1. The van der Waals surface area contributed by atoms with E-state index >= 15 is 0 Å². The van der Waals surface area contributed by atoms with Crippen molar-refractivity contribution in [1.29, 1.82) is 0 Å². The Labute approximate surface area is 186 Å². The van der Waals surface area contributed by atoms with E-state index in [0.29, 0.717) is 6.61 Å². The largest absolute Gasteiger partial charge is 0.493 e. The zero-order valence-electron chi connectivity index (χ0n) is 18.1. The molecule has 0 aliphatic rings. The molecule has 7 heteroatoms. The van der Waals surface area contributed by atoms with Crippen LogP contribution in [0.5, 0.6) is 5.75 Å². The zero-order valence-corrected chi connectivity index (χ0v) is 19.7. The minimum Gasteiger partial charge on any atom is -0.493 e. The highest BCUT2D eigenvalue weighted by molar-refractivity contribution is 7.86. The van der Waals surface area contributed by atoms with E-state index in [1.54, 1.807) is 0 Å². The summed E-state index contributed by atoms with van der Waals surface area (Å²) in [6.07, 6.45) is 17.6. The quantitative estimate of drug-likeness (QED) is 0.166. The molecular weight excluding hydrogens is 427 g/mol. The Morgan fingerprint density at radius 3 is 1.77 bits per heavy atom. The summed E-state index contributed by atoms with van der Waals surface area (Å²) in [5.41, 5.74) is -0.138. The van der Waals surface area contributed by atoms with Crippen molar-refractivity contribution in [3.05, 3.63) is 23.8 Å². The molecule has 0 amide bonds. The fourth-order valence-corrected chi connectivity index (χ4v) is 4.06. The van der Waals surface area contributed by atoms with Gasteiger partial charge in [-0.25, -0.2) is 0 Å². The second-order valence-electron chi connectivity index (χ2n) is 7.81. The highest BCUT2D eigenvalue weighted by Gasteiger charge is 2.18. The monoisotopic (exact) mass is 462 g/mol. The smallest absolute Gasteiger partial charge is 0.332 e. The topological polar surface area (TPSA) is 60.4 Å². The summed E-state index contributed by atoms with van der Waals surface area (Å²) >= 11 is 5.47. The van der Waals surface area contributed by atoms with Gasteiger partial charge in [0.2, 0.25) is 0 Å². The van der Waals surface area contributed by atoms with Gasteiger partial charge in [0, 0.05) is 0 Å². The van der Waals surface area contributed by atoms with Gasteiger partial charge in [0.1, 0.15) is 5.75 Å². The van der Waals surface area contributed by atoms with E-state index in [1.807, 2.05) is 0 Å². The molecule has 0 aliphatic carbocycles. The van der Waals surface area contributed by atoms with Crippen molar-refractivity contribution in [3.8, 4) is 5.75 Å². The van der Waals surface area contributed by atoms with Gasteiger partial charge in [-0.05, 0) is 36.2 Å². The average molecular weight is 463 g/mol. The Bertz CT molecular complexity index is 722. The van der Waals surface area contributed by atoms with Crippen LogP contribution in [0.3, 0.4) is 0 Å². The first-order chi connectivity index (χ1) is 14.4. The third-order valence-corrected chi connectivity index (χ3v) is 6.22. The molecule has 1 aromatic carbocycles. The van der Waals surface area contributed by atoms with Gasteiger partial charge in [0.25, 0.3) is 5.24 Å². The van der Waals surface area contributed by atoms with Crippen LogP contribution in [0.15, 0.2) is 23.1 Å². The minimum atomic E-state index is -4.89. The number of unbranched alkanes of at least 4 members (excludes halogenated alkanes) is 13. The van der Waals surface area contributed by atoms with E-state index in [4.69, 9.17) is 16.3 Å². The average Bonchev–Trinajstić information content (AvgIpc) is 2.70. The summed E-state index contributed by atoms with van der Waals surface area (Å²) in [6, 6.07) is 3.25. The lowest BCUT2D eigenvalue weighted by Gasteiger charge is -2.10. The molecule has 0 aromatic heterocycles. The Hall–Kier alpha value is -1.14. The molecule has 0 fully saturated rings. The molecule has 0 aliphatic heterocycles. The van der Waals surface area contributed by atoms with Crippen molar-refractivity contribution in [2.45, 2.75) is 102 Å². The number of halogens is 2. The molecule has 0 atom stereocenters. The first kappa shape index (κ1) is 26.9. The molecule has 1 aromatic rings. The molecule has 0 bridgehead atoms. The maximum Gasteiger partial charge on any atom is 0.332 e. The van der Waals surface area contributed by atoms with E-state index in [2.05, 4.69) is 6.92 Å². The molecule has 0 saturated heterocycles. The van der Waals surface area contributed by atoms with Crippen molar-refractivity contribution in [3.63, 3.8) is 0 Å². The first-order valence-electron chi connectivity index (χ1n) is 11.3. The van der Waals surface area contributed by atoms with Crippen LogP contribution >= 0.6 is 11.6 Å². The van der Waals surface area contributed by atoms with E-state index in [-0.39, 0.29) is 11.3 Å². The predicted molar refractivity (Wildman–Crippen MR) is 121 cm³/mol. The lowest BCUT2D eigenvalue weighted by molar-refractivity contribution is 0.107. The van der Waals surface area contributed by atoms with Crippen molar-refractivity contribution >= 4 is 27.1 Å². The van der Waals surface area contributed by atoms with Gasteiger partial charge in [0.05, 0.1) is 17.1 Å². The highest BCUT2D eigenvalue weighted by atomic mass is 35.5. The van der Waals surface area contributed by atoms with Crippen molar-refractivity contribution in [2.24, 2.45) is 0 Å². The minimum absolute atomic E-state index is 0.138. The molecule has 0 spiro atoms. The Morgan fingerprint density at radius 1 is 0.867 bits per heavy atom. The summed E-state index contributed by atoms with van der Waals surface area (Å²) < 4.78 is 40.6. The number of hydrogen-bond acceptors (Lipinski definition) is 4. The maximum atomic E-state index is 13.1. The van der Waals surface area contributed by atoms with Gasteiger partial charge in [-0.15, -0.1) is 3.89 Å². The van der Waals surface area contributed by atoms with Gasteiger partial charge in [-0.3, -0.25) is 4.79 Å². The summed E-state index contributed by atoms with van der Waals surface area (Å²) in [5.74, 6) is 0.178. The summed E-state index contributed by atoms with van der Waals surface area (Å²) in [7, 11) is -4.89. The normalized spacial score (nSPS) is 11.6. The third kappa shape index (κ3) is 11.9. The molecule has 1 rings (SSSR count). The Balaban J connectivity index is 2.10. The van der Waals surface area contributed by atoms with E-state index in [0.717, 1.165) is 31.4 Å². The molecular formula is C23H36ClFO4S. The van der Waals surface area contributed by atoms with E-state index < -0.39 is 20.4 Å². The zero-order chi connectivity index (χ0) is 22.2. The van der Waals surface area contributed by atoms with Gasteiger partial charge in [0.15, 0.2) is 0 Å². The molecule has 172 valence electrons. The predicted octanol–water partition coefficient (Wildman–Crippen LogP) is 7.58. The molecule has 30 heavy (non-hydrogen) atoms. The van der Waals surface area contributed by atoms with Crippen molar-refractivity contribution < 1.29 is 21.8 Å². The molecule has 0 radical (unpaired) electrons. The number of benzene rings is 1. The Morgan fingerprint density at radius 2 is 1.33 bits per heavy atom. The van der Waals surface area contributed by atoms with Crippen LogP contribution < -0.4 is 4.74 Å². The van der Waals surface area contributed by atoms with Gasteiger partial charge < -0.3 is 4.74 Å².